The number of rotatable bonds is 3. The molecule has 1 saturated heterocycles. The van der Waals surface area contributed by atoms with Crippen LogP contribution in [0.1, 0.15) is 18.0 Å². The van der Waals surface area contributed by atoms with Gasteiger partial charge in [0.25, 0.3) is 0 Å². The van der Waals surface area contributed by atoms with Crippen molar-refractivity contribution < 1.29 is 19.0 Å². The highest BCUT2D eigenvalue weighted by Gasteiger charge is 2.29. The fourth-order valence-electron chi connectivity index (χ4n) is 2.25. The van der Waals surface area contributed by atoms with Gasteiger partial charge in [-0.1, -0.05) is 0 Å². The van der Waals surface area contributed by atoms with E-state index in [9.17, 15) is 4.79 Å². The molecule has 2 aliphatic rings. The summed E-state index contributed by atoms with van der Waals surface area (Å²) >= 11 is 0. The van der Waals surface area contributed by atoms with Gasteiger partial charge < -0.3 is 19.5 Å². The Kier molecular flexibility index (Phi) is 2.83. The summed E-state index contributed by atoms with van der Waals surface area (Å²) in [6, 6.07) is 5.89. The van der Waals surface area contributed by atoms with Gasteiger partial charge in [0.2, 0.25) is 0 Å². The summed E-state index contributed by atoms with van der Waals surface area (Å²) in [5, 5.41) is 3.18. The van der Waals surface area contributed by atoms with Gasteiger partial charge in [-0.25, -0.2) is 4.79 Å². The molecule has 2 aliphatic heterocycles. The molecule has 1 aromatic rings. The van der Waals surface area contributed by atoms with Crippen LogP contribution in [0.2, 0.25) is 0 Å². The van der Waals surface area contributed by atoms with Crippen LogP contribution in [0.3, 0.4) is 0 Å². The lowest BCUT2D eigenvalue weighted by Gasteiger charge is -2.11. The first-order valence-corrected chi connectivity index (χ1v) is 6.05. The number of fused-ring (bicyclic) bond motifs is 1. The van der Waals surface area contributed by atoms with Crippen LogP contribution in [-0.4, -0.2) is 32.3 Å². The van der Waals surface area contributed by atoms with Gasteiger partial charge in [-0.2, -0.15) is 0 Å². The van der Waals surface area contributed by atoms with Crippen LogP contribution in [0, 0.1) is 0 Å². The molecule has 2 atom stereocenters. The lowest BCUT2D eigenvalue weighted by molar-refractivity contribution is -0.143. The van der Waals surface area contributed by atoms with E-state index in [2.05, 4.69) is 5.32 Å². The van der Waals surface area contributed by atoms with Crippen molar-refractivity contribution in [2.45, 2.75) is 18.6 Å². The minimum absolute atomic E-state index is 0.227. The van der Waals surface area contributed by atoms with Crippen LogP contribution in [0.15, 0.2) is 18.2 Å². The van der Waals surface area contributed by atoms with Crippen molar-refractivity contribution in [3.8, 4) is 11.5 Å². The van der Waals surface area contributed by atoms with Gasteiger partial charge in [-0.3, -0.25) is 0 Å². The predicted molar refractivity (Wildman–Crippen MR) is 63.7 cm³/mol. The molecule has 96 valence electrons. The average molecular weight is 249 g/mol. The normalized spacial score (nSPS) is 25.5. The summed E-state index contributed by atoms with van der Waals surface area (Å²) in [7, 11) is 1.90. The van der Waals surface area contributed by atoms with E-state index >= 15 is 0 Å². The van der Waals surface area contributed by atoms with Gasteiger partial charge in [0.15, 0.2) is 6.10 Å². The first-order valence-electron chi connectivity index (χ1n) is 6.05. The van der Waals surface area contributed by atoms with Crippen LogP contribution in [0.4, 0.5) is 0 Å². The second-order valence-electron chi connectivity index (χ2n) is 4.41. The van der Waals surface area contributed by atoms with Crippen molar-refractivity contribution in [3.63, 3.8) is 0 Å². The third kappa shape index (κ3) is 1.90. The lowest BCUT2D eigenvalue weighted by Crippen LogP contribution is -2.21. The van der Waals surface area contributed by atoms with Crippen molar-refractivity contribution in [2.75, 3.05) is 20.3 Å². The van der Waals surface area contributed by atoms with Gasteiger partial charge in [0, 0.05) is 18.1 Å². The number of hydrogen-bond donors (Lipinski definition) is 1. The molecule has 2 heterocycles. The molecule has 2 unspecified atom stereocenters. The highest BCUT2D eigenvalue weighted by molar-refractivity contribution is 5.76. The zero-order valence-corrected chi connectivity index (χ0v) is 10.1. The highest BCUT2D eigenvalue weighted by atomic mass is 16.6. The smallest absolute Gasteiger partial charge is 0.347 e. The number of ether oxygens (including phenoxy) is 3. The maximum atomic E-state index is 11.3. The van der Waals surface area contributed by atoms with E-state index in [1.54, 1.807) is 0 Å². The van der Waals surface area contributed by atoms with Crippen molar-refractivity contribution in [1.82, 2.24) is 5.32 Å². The summed E-state index contributed by atoms with van der Waals surface area (Å²) in [6.07, 6.45) is 0.125. The quantitative estimate of drug-likeness (QED) is 0.811. The largest absolute Gasteiger partial charge is 0.491 e. The molecule has 0 amide bonds. The minimum Gasteiger partial charge on any atom is -0.491 e. The molecule has 3 rings (SSSR count). The third-order valence-electron chi connectivity index (χ3n) is 3.28. The summed E-state index contributed by atoms with van der Waals surface area (Å²) in [4.78, 5) is 11.3. The molecule has 0 radical (unpaired) electrons. The molecule has 5 nitrogen and oxygen atoms in total. The number of carbonyl (C=O) groups excluding carboxylic acids is 1. The average Bonchev–Trinajstić information content (AvgIpc) is 2.96. The summed E-state index contributed by atoms with van der Waals surface area (Å²) in [6.45, 7) is 1.06. The van der Waals surface area contributed by atoms with E-state index in [1.165, 1.54) is 0 Å². The Morgan fingerprint density at radius 3 is 3.00 bits per heavy atom. The second-order valence-corrected chi connectivity index (χ2v) is 4.41. The number of hydrogen-bond acceptors (Lipinski definition) is 5. The molecule has 5 heteroatoms. The van der Waals surface area contributed by atoms with Gasteiger partial charge in [0.1, 0.15) is 18.1 Å². The first kappa shape index (κ1) is 11.3. The topological polar surface area (TPSA) is 56.8 Å². The summed E-state index contributed by atoms with van der Waals surface area (Å²) < 4.78 is 16.0. The molecule has 0 aliphatic carbocycles. The zero-order valence-electron chi connectivity index (χ0n) is 10.1. The standard InChI is InChI=1S/C13H15NO4/c1-14-10-7-17-12-6-8(2-3-9(10)12)18-11-4-5-16-13(11)15/h2-3,6,10-11,14H,4-5,7H2,1H3. The molecule has 1 fully saturated rings. The fraction of sp³-hybridized carbons (Fsp3) is 0.462. The Hall–Kier alpha value is -1.75. The van der Waals surface area contributed by atoms with Gasteiger partial charge in [0.05, 0.1) is 12.6 Å². The van der Waals surface area contributed by atoms with E-state index in [0.29, 0.717) is 25.4 Å². The van der Waals surface area contributed by atoms with E-state index in [4.69, 9.17) is 14.2 Å². The van der Waals surface area contributed by atoms with Crippen molar-refractivity contribution >= 4 is 5.97 Å². The molecule has 18 heavy (non-hydrogen) atoms. The summed E-state index contributed by atoms with van der Waals surface area (Å²) in [5.41, 5.74) is 1.12. The summed E-state index contributed by atoms with van der Waals surface area (Å²) in [5.74, 6) is 1.18. The molecular weight excluding hydrogens is 234 g/mol. The number of carbonyl (C=O) groups is 1. The fourth-order valence-corrected chi connectivity index (χ4v) is 2.25. The van der Waals surface area contributed by atoms with Crippen LogP contribution < -0.4 is 14.8 Å². The monoisotopic (exact) mass is 249 g/mol. The molecule has 1 N–H and O–H groups in total. The Morgan fingerprint density at radius 1 is 1.39 bits per heavy atom. The van der Waals surface area contributed by atoms with Gasteiger partial charge >= 0.3 is 5.97 Å². The van der Waals surface area contributed by atoms with Crippen LogP contribution in [0.5, 0.6) is 11.5 Å². The van der Waals surface area contributed by atoms with Crippen LogP contribution in [-0.2, 0) is 9.53 Å². The van der Waals surface area contributed by atoms with Crippen LogP contribution in [0.25, 0.3) is 0 Å². The molecule has 0 aromatic heterocycles. The van der Waals surface area contributed by atoms with Gasteiger partial charge in [-0.05, 0) is 19.2 Å². The second kappa shape index (κ2) is 4.49. The van der Waals surface area contributed by atoms with Crippen molar-refractivity contribution in [2.24, 2.45) is 0 Å². The Bertz CT molecular complexity index is 474. The van der Waals surface area contributed by atoms with Crippen LogP contribution >= 0.6 is 0 Å². The Morgan fingerprint density at radius 2 is 2.28 bits per heavy atom. The maximum Gasteiger partial charge on any atom is 0.347 e. The Labute approximate surface area is 105 Å². The van der Waals surface area contributed by atoms with E-state index in [0.717, 1.165) is 11.3 Å². The minimum atomic E-state index is -0.482. The molecular formula is C13H15NO4. The molecule has 0 spiro atoms. The van der Waals surface area contributed by atoms with E-state index < -0.39 is 6.10 Å². The third-order valence-corrected chi connectivity index (χ3v) is 3.28. The number of nitrogens with one attached hydrogen (secondary N) is 1. The number of esters is 1. The first-order chi connectivity index (χ1) is 8.78. The molecule has 0 saturated carbocycles. The van der Waals surface area contributed by atoms with Crippen molar-refractivity contribution in [3.05, 3.63) is 23.8 Å². The predicted octanol–water partition coefficient (Wildman–Crippen LogP) is 1.03. The van der Waals surface area contributed by atoms with Crippen molar-refractivity contribution in [1.29, 1.82) is 0 Å². The van der Waals surface area contributed by atoms with E-state index in [1.807, 2.05) is 25.2 Å². The zero-order chi connectivity index (χ0) is 12.5. The molecule has 1 aromatic carbocycles. The van der Waals surface area contributed by atoms with E-state index in [-0.39, 0.29) is 12.0 Å². The maximum absolute atomic E-state index is 11.3. The lowest BCUT2D eigenvalue weighted by atomic mass is 10.1. The highest BCUT2D eigenvalue weighted by Crippen LogP contribution is 2.35. The number of benzene rings is 1. The molecule has 0 bridgehead atoms. The number of cyclic esters (lactones) is 1. The van der Waals surface area contributed by atoms with Gasteiger partial charge in [-0.15, -0.1) is 0 Å². The Balaban J connectivity index is 1.77. The number of likely N-dealkylation sites (N-methyl/N-ethyl adjacent to an activating group) is 1. The SMILES string of the molecule is CNC1COc2cc(OC3CCOC3=O)ccc21.